The molecule has 200 valence electrons. The summed E-state index contributed by atoms with van der Waals surface area (Å²) in [6.45, 7) is 5.94. The molecule has 1 fully saturated rings. The van der Waals surface area contributed by atoms with Crippen LogP contribution in [0.1, 0.15) is 70.0 Å². The van der Waals surface area contributed by atoms with Gasteiger partial charge in [0.25, 0.3) is 0 Å². The second-order valence-electron chi connectivity index (χ2n) is 9.12. The van der Waals surface area contributed by atoms with E-state index in [1.54, 1.807) is 0 Å². The molecule has 0 radical (unpaired) electrons. The molecule has 0 spiro atoms. The molecule has 1 aliphatic heterocycles. The van der Waals surface area contributed by atoms with E-state index >= 15 is 0 Å². The Balaban J connectivity index is 1.56. The Morgan fingerprint density at radius 1 is 0.784 bits per heavy atom. The van der Waals surface area contributed by atoms with Crippen molar-refractivity contribution < 1.29 is 4.79 Å². The fourth-order valence-corrected chi connectivity index (χ4v) is 4.04. The van der Waals surface area contributed by atoms with Gasteiger partial charge >= 0.3 is 0 Å². The molecule has 1 amide bonds. The number of carbonyl (C=O) groups is 1. The van der Waals surface area contributed by atoms with Crippen molar-refractivity contribution in [3.8, 4) is 0 Å². The van der Waals surface area contributed by atoms with Crippen LogP contribution in [0, 0.1) is 0 Å². The summed E-state index contributed by atoms with van der Waals surface area (Å²) in [7, 11) is 0. The van der Waals surface area contributed by atoms with Crippen LogP contribution >= 0.6 is 0 Å². The highest BCUT2D eigenvalue weighted by Crippen LogP contribution is 2.18. The Hall–Kier alpha value is -2.95. The molecule has 2 rings (SSSR count). The second kappa shape index (κ2) is 21.2. The highest BCUT2D eigenvalue weighted by Gasteiger charge is 2.23. The van der Waals surface area contributed by atoms with Gasteiger partial charge in [0.15, 0.2) is 0 Å². The number of nitrogens with zero attached hydrogens (tertiary/aromatic N) is 1. The largest absolute Gasteiger partial charge is 0.336 e. The summed E-state index contributed by atoms with van der Waals surface area (Å²) >= 11 is 0. The second-order valence-corrected chi connectivity index (χ2v) is 9.12. The monoisotopic (exact) mass is 501 g/mol. The van der Waals surface area contributed by atoms with Gasteiger partial charge in [0, 0.05) is 32.6 Å². The summed E-state index contributed by atoms with van der Waals surface area (Å²) < 4.78 is 0. The maximum absolute atomic E-state index is 12.6. The van der Waals surface area contributed by atoms with Gasteiger partial charge in [0.1, 0.15) is 6.17 Å². The lowest BCUT2D eigenvalue weighted by atomic mass is 10.1. The average Bonchev–Trinajstić information content (AvgIpc) is 2.94. The molecule has 37 heavy (non-hydrogen) atoms. The third-order valence-electron chi connectivity index (χ3n) is 6.06. The third kappa shape index (κ3) is 15.0. The molecule has 0 aliphatic carbocycles. The van der Waals surface area contributed by atoms with E-state index < -0.39 is 0 Å². The number of piperazine rings is 1. The Bertz CT molecular complexity index is 889. The van der Waals surface area contributed by atoms with Crippen LogP contribution < -0.4 is 10.6 Å². The lowest BCUT2D eigenvalue weighted by Gasteiger charge is -2.35. The molecule has 0 aromatic heterocycles. The van der Waals surface area contributed by atoms with Gasteiger partial charge in [-0.2, -0.15) is 0 Å². The maximum atomic E-state index is 12.6. The first-order valence-corrected chi connectivity index (χ1v) is 14.0. The van der Waals surface area contributed by atoms with Gasteiger partial charge in [-0.15, -0.1) is 0 Å². The number of carbonyl (C=O) groups excluding carboxylic acids is 1. The van der Waals surface area contributed by atoms with E-state index in [1.807, 2.05) is 18.2 Å². The molecule has 1 aromatic carbocycles. The molecule has 1 atom stereocenters. The summed E-state index contributed by atoms with van der Waals surface area (Å²) in [5, 5.41) is 6.64. The van der Waals surface area contributed by atoms with Crippen LogP contribution in [0.25, 0.3) is 0 Å². The van der Waals surface area contributed by atoms with Crippen LogP contribution in [0.15, 0.2) is 103 Å². The SMILES string of the molecule is CCC=CCC=CCC=CCC=CCC=CCC=CCCC(=O)NC(c1ccccc1)N1CCNCC1. The van der Waals surface area contributed by atoms with Crippen LogP contribution in [0.5, 0.6) is 0 Å². The molecule has 1 unspecified atom stereocenters. The van der Waals surface area contributed by atoms with E-state index in [2.05, 4.69) is 108 Å². The highest BCUT2D eigenvalue weighted by atomic mass is 16.1. The van der Waals surface area contributed by atoms with Crippen LogP contribution in [-0.4, -0.2) is 37.0 Å². The van der Waals surface area contributed by atoms with Crippen LogP contribution in [0.3, 0.4) is 0 Å². The van der Waals surface area contributed by atoms with Crippen molar-refractivity contribution in [3.05, 3.63) is 109 Å². The lowest BCUT2D eigenvalue weighted by Crippen LogP contribution is -2.50. The minimum Gasteiger partial charge on any atom is -0.336 e. The van der Waals surface area contributed by atoms with Crippen molar-refractivity contribution >= 4 is 5.91 Å². The molecule has 1 aromatic rings. The predicted octanol–water partition coefficient (Wildman–Crippen LogP) is 7.18. The molecule has 4 heteroatoms. The van der Waals surface area contributed by atoms with Gasteiger partial charge in [-0.1, -0.05) is 110 Å². The zero-order valence-corrected chi connectivity index (χ0v) is 22.7. The average molecular weight is 502 g/mol. The number of nitrogens with one attached hydrogen (secondary N) is 2. The zero-order valence-electron chi connectivity index (χ0n) is 22.7. The summed E-state index contributed by atoms with van der Waals surface area (Å²) in [6.07, 6.45) is 33.6. The van der Waals surface area contributed by atoms with E-state index in [9.17, 15) is 4.79 Å². The first kappa shape index (κ1) is 30.3. The summed E-state index contributed by atoms with van der Waals surface area (Å²) in [4.78, 5) is 15.0. The predicted molar refractivity (Wildman–Crippen MR) is 159 cm³/mol. The van der Waals surface area contributed by atoms with E-state index in [1.165, 1.54) is 0 Å². The van der Waals surface area contributed by atoms with Crippen molar-refractivity contribution in [2.24, 2.45) is 0 Å². The number of hydrogen-bond donors (Lipinski definition) is 2. The standard InChI is InChI=1S/C33H47N3O/c1-2-3-4-5-6-7-8-9-10-11-12-13-14-15-16-17-18-19-23-26-32(37)35-33(31-24-21-20-22-25-31)36-29-27-34-28-30-36/h3-4,6-7,9-10,12-13,15-16,18-22,24-25,33-34H,2,5,8,11,14,17,23,26-30H2,1H3,(H,35,37). The number of benzene rings is 1. The summed E-state index contributed by atoms with van der Waals surface area (Å²) in [5.41, 5.74) is 1.15. The third-order valence-corrected chi connectivity index (χ3v) is 6.06. The van der Waals surface area contributed by atoms with Gasteiger partial charge in [-0.25, -0.2) is 0 Å². The van der Waals surface area contributed by atoms with Crippen molar-refractivity contribution in [3.63, 3.8) is 0 Å². The first-order chi connectivity index (χ1) is 18.3. The van der Waals surface area contributed by atoms with E-state index in [4.69, 9.17) is 0 Å². The van der Waals surface area contributed by atoms with Crippen molar-refractivity contribution in [2.45, 2.75) is 64.5 Å². The normalized spacial score (nSPS) is 16.4. The molecule has 0 saturated carbocycles. The molecule has 1 heterocycles. The smallest absolute Gasteiger partial charge is 0.221 e. The Morgan fingerprint density at radius 2 is 1.27 bits per heavy atom. The molecular formula is C33H47N3O. The molecule has 0 bridgehead atoms. The number of rotatable bonds is 17. The van der Waals surface area contributed by atoms with Crippen LogP contribution in [0.4, 0.5) is 0 Å². The quantitative estimate of drug-likeness (QED) is 0.222. The molecule has 4 nitrogen and oxygen atoms in total. The number of allylic oxidation sites excluding steroid dienone is 12. The van der Waals surface area contributed by atoms with E-state index in [0.717, 1.165) is 76.7 Å². The molecule has 1 saturated heterocycles. The van der Waals surface area contributed by atoms with Gasteiger partial charge in [0.05, 0.1) is 0 Å². The van der Waals surface area contributed by atoms with Crippen molar-refractivity contribution in [2.75, 3.05) is 26.2 Å². The molecule has 2 N–H and O–H groups in total. The van der Waals surface area contributed by atoms with Gasteiger partial charge in [-0.3, -0.25) is 9.69 Å². The summed E-state index contributed by atoms with van der Waals surface area (Å²) in [6, 6.07) is 10.3. The number of hydrogen-bond acceptors (Lipinski definition) is 3. The minimum absolute atomic E-state index is 0.0546. The Kier molecular flexibility index (Phi) is 17.3. The Labute approximate surface area is 225 Å². The van der Waals surface area contributed by atoms with Crippen LogP contribution in [-0.2, 0) is 4.79 Å². The van der Waals surface area contributed by atoms with Gasteiger partial charge < -0.3 is 10.6 Å². The fourth-order valence-electron chi connectivity index (χ4n) is 4.04. The zero-order chi connectivity index (χ0) is 26.2. The number of amides is 1. The minimum atomic E-state index is -0.0546. The van der Waals surface area contributed by atoms with Gasteiger partial charge in [-0.05, 0) is 50.5 Å². The fraction of sp³-hybridized carbons (Fsp3) is 0.424. The highest BCUT2D eigenvalue weighted by molar-refractivity contribution is 5.76. The summed E-state index contributed by atoms with van der Waals surface area (Å²) in [5.74, 6) is 0.104. The van der Waals surface area contributed by atoms with E-state index in [-0.39, 0.29) is 12.1 Å². The lowest BCUT2D eigenvalue weighted by molar-refractivity contribution is -0.123. The van der Waals surface area contributed by atoms with Crippen molar-refractivity contribution in [1.82, 2.24) is 15.5 Å². The van der Waals surface area contributed by atoms with Gasteiger partial charge in [0.2, 0.25) is 5.91 Å². The Morgan fingerprint density at radius 3 is 1.78 bits per heavy atom. The maximum Gasteiger partial charge on any atom is 0.221 e. The van der Waals surface area contributed by atoms with Crippen molar-refractivity contribution in [1.29, 1.82) is 0 Å². The molecular weight excluding hydrogens is 454 g/mol. The first-order valence-electron chi connectivity index (χ1n) is 14.0. The van der Waals surface area contributed by atoms with E-state index in [0.29, 0.717) is 6.42 Å². The molecule has 1 aliphatic rings. The topological polar surface area (TPSA) is 44.4 Å². The van der Waals surface area contributed by atoms with Crippen LogP contribution in [0.2, 0.25) is 0 Å².